The number of carboxylic acid groups (broad SMARTS) is 1. The Bertz CT molecular complexity index is 796. The van der Waals surface area contributed by atoms with Crippen LogP contribution < -0.4 is 0 Å². The molecule has 0 radical (unpaired) electrons. The normalized spacial score (nSPS) is 14.8. The van der Waals surface area contributed by atoms with Crippen molar-refractivity contribution >= 4 is 11.9 Å². The molecule has 1 aromatic heterocycles. The van der Waals surface area contributed by atoms with Crippen LogP contribution in [0.25, 0.3) is 11.3 Å². The second kappa shape index (κ2) is 9.50. The SMILES string of the molecule is Cc1nc(CCC(=O)N(CCC(=O)O)C2CCOCC2)oc1-c1ccccc1. The first kappa shape index (κ1) is 20.1. The lowest BCUT2D eigenvalue weighted by molar-refractivity contribution is -0.140. The van der Waals surface area contributed by atoms with Crippen LogP contribution >= 0.6 is 0 Å². The fraction of sp³-hybridized carbons (Fsp3) is 0.476. The number of rotatable bonds is 8. The van der Waals surface area contributed by atoms with E-state index in [0.29, 0.717) is 25.5 Å². The van der Waals surface area contributed by atoms with Crippen LogP contribution in [0.1, 0.15) is 37.3 Å². The quantitative estimate of drug-likeness (QED) is 0.749. The smallest absolute Gasteiger partial charge is 0.305 e. The van der Waals surface area contributed by atoms with Gasteiger partial charge < -0.3 is 19.2 Å². The molecule has 2 aromatic rings. The van der Waals surface area contributed by atoms with Gasteiger partial charge in [-0.1, -0.05) is 30.3 Å². The number of carbonyl (C=O) groups is 2. The number of aromatic nitrogens is 1. The molecule has 0 saturated carbocycles. The lowest BCUT2D eigenvalue weighted by Crippen LogP contribution is -2.44. The number of ether oxygens (including phenoxy) is 1. The Morgan fingerprint density at radius 2 is 1.89 bits per heavy atom. The van der Waals surface area contributed by atoms with Crippen molar-refractivity contribution in [3.8, 4) is 11.3 Å². The van der Waals surface area contributed by atoms with E-state index in [1.807, 2.05) is 37.3 Å². The van der Waals surface area contributed by atoms with Crippen LogP contribution in [0.4, 0.5) is 0 Å². The summed E-state index contributed by atoms with van der Waals surface area (Å²) in [5.74, 6) is 0.274. The average molecular weight is 386 g/mol. The summed E-state index contributed by atoms with van der Waals surface area (Å²) in [5.41, 5.74) is 1.75. The highest BCUT2D eigenvalue weighted by Crippen LogP contribution is 2.25. The Labute approximate surface area is 164 Å². The summed E-state index contributed by atoms with van der Waals surface area (Å²) < 4.78 is 11.2. The maximum Gasteiger partial charge on any atom is 0.305 e. The van der Waals surface area contributed by atoms with Crippen molar-refractivity contribution < 1.29 is 23.8 Å². The number of hydrogen-bond donors (Lipinski definition) is 1. The van der Waals surface area contributed by atoms with Gasteiger partial charge in [0.05, 0.1) is 12.1 Å². The van der Waals surface area contributed by atoms with Crippen molar-refractivity contribution in [2.24, 2.45) is 0 Å². The zero-order chi connectivity index (χ0) is 19.9. The predicted octanol–water partition coefficient (Wildman–Crippen LogP) is 3.06. The van der Waals surface area contributed by atoms with E-state index in [1.54, 1.807) is 4.90 Å². The highest BCUT2D eigenvalue weighted by Gasteiger charge is 2.26. The van der Waals surface area contributed by atoms with E-state index in [-0.39, 0.29) is 31.3 Å². The van der Waals surface area contributed by atoms with Crippen LogP contribution in [0.3, 0.4) is 0 Å². The fourth-order valence-corrected chi connectivity index (χ4v) is 3.50. The van der Waals surface area contributed by atoms with Crippen molar-refractivity contribution in [1.82, 2.24) is 9.88 Å². The molecule has 1 aromatic carbocycles. The van der Waals surface area contributed by atoms with Gasteiger partial charge in [0.25, 0.3) is 0 Å². The van der Waals surface area contributed by atoms with E-state index >= 15 is 0 Å². The molecule has 1 aliphatic heterocycles. The first-order valence-corrected chi connectivity index (χ1v) is 9.65. The average Bonchev–Trinajstić information content (AvgIpc) is 3.08. The Hall–Kier alpha value is -2.67. The standard InChI is InChI=1S/C21H26N2O5/c1-15-21(16-5-3-2-4-6-16)28-18(22-15)7-8-19(24)23(12-9-20(25)26)17-10-13-27-14-11-17/h2-6,17H,7-14H2,1H3,(H,25,26). The molecule has 1 N–H and O–H groups in total. The Morgan fingerprint density at radius 3 is 2.57 bits per heavy atom. The van der Waals surface area contributed by atoms with Gasteiger partial charge in [0, 0.05) is 44.2 Å². The number of carbonyl (C=O) groups excluding carboxylic acids is 1. The van der Waals surface area contributed by atoms with Crippen LogP contribution in [0, 0.1) is 6.92 Å². The molecular weight excluding hydrogens is 360 g/mol. The molecule has 2 heterocycles. The summed E-state index contributed by atoms with van der Waals surface area (Å²) in [6.45, 7) is 3.30. The predicted molar refractivity (Wildman–Crippen MR) is 103 cm³/mol. The number of aliphatic carboxylic acids is 1. The highest BCUT2D eigenvalue weighted by atomic mass is 16.5. The van der Waals surface area contributed by atoms with Crippen molar-refractivity contribution in [3.05, 3.63) is 41.9 Å². The third-order valence-corrected chi connectivity index (χ3v) is 4.95. The molecule has 28 heavy (non-hydrogen) atoms. The minimum Gasteiger partial charge on any atom is -0.481 e. The minimum atomic E-state index is -0.902. The monoisotopic (exact) mass is 386 g/mol. The number of amides is 1. The number of carboxylic acids is 1. The van der Waals surface area contributed by atoms with Crippen molar-refractivity contribution in [1.29, 1.82) is 0 Å². The first-order chi connectivity index (χ1) is 13.5. The number of nitrogens with zero attached hydrogens (tertiary/aromatic N) is 2. The van der Waals surface area contributed by atoms with Gasteiger partial charge in [-0.3, -0.25) is 9.59 Å². The van der Waals surface area contributed by atoms with Gasteiger partial charge in [0.15, 0.2) is 11.7 Å². The molecule has 7 nitrogen and oxygen atoms in total. The summed E-state index contributed by atoms with van der Waals surface area (Å²) in [4.78, 5) is 29.9. The van der Waals surface area contributed by atoms with Gasteiger partial charge >= 0.3 is 5.97 Å². The zero-order valence-electron chi connectivity index (χ0n) is 16.1. The maximum atomic E-state index is 12.8. The van der Waals surface area contributed by atoms with Gasteiger partial charge in [-0.15, -0.1) is 0 Å². The van der Waals surface area contributed by atoms with Gasteiger partial charge in [-0.05, 0) is 19.8 Å². The zero-order valence-corrected chi connectivity index (χ0v) is 16.1. The summed E-state index contributed by atoms with van der Waals surface area (Å²) in [6.07, 6.45) is 2.05. The molecule has 1 saturated heterocycles. The Kier molecular flexibility index (Phi) is 6.81. The molecular formula is C21H26N2O5. The second-order valence-corrected chi connectivity index (χ2v) is 6.96. The summed E-state index contributed by atoms with van der Waals surface area (Å²) >= 11 is 0. The van der Waals surface area contributed by atoms with E-state index in [1.165, 1.54) is 0 Å². The van der Waals surface area contributed by atoms with Crippen molar-refractivity contribution in [2.45, 2.75) is 45.1 Å². The van der Waals surface area contributed by atoms with Crippen LogP contribution in [-0.4, -0.2) is 52.7 Å². The van der Waals surface area contributed by atoms with Crippen LogP contribution in [0.5, 0.6) is 0 Å². The highest BCUT2D eigenvalue weighted by molar-refractivity contribution is 5.77. The number of oxazole rings is 1. The van der Waals surface area contributed by atoms with Crippen LogP contribution in [0.2, 0.25) is 0 Å². The van der Waals surface area contributed by atoms with Crippen molar-refractivity contribution in [3.63, 3.8) is 0 Å². The van der Waals surface area contributed by atoms with Gasteiger partial charge in [-0.25, -0.2) is 4.98 Å². The molecule has 0 atom stereocenters. The molecule has 1 aliphatic rings. The number of benzene rings is 1. The number of hydrogen-bond acceptors (Lipinski definition) is 5. The molecule has 7 heteroatoms. The molecule has 0 bridgehead atoms. The summed E-state index contributed by atoms with van der Waals surface area (Å²) in [7, 11) is 0. The Morgan fingerprint density at radius 1 is 1.18 bits per heavy atom. The largest absolute Gasteiger partial charge is 0.481 e. The summed E-state index contributed by atoms with van der Waals surface area (Å²) in [5, 5.41) is 9.00. The minimum absolute atomic E-state index is 0.0341. The first-order valence-electron chi connectivity index (χ1n) is 9.65. The van der Waals surface area contributed by atoms with E-state index in [4.69, 9.17) is 14.3 Å². The van der Waals surface area contributed by atoms with E-state index < -0.39 is 5.97 Å². The van der Waals surface area contributed by atoms with E-state index in [2.05, 4.69) is 4.98 Å². The van der Waals surface area contributed by atoms with Gasteiger partial charge in [0.2, 0.25) is 5.91 Å². The topological polar surface area (TPSA) is 92.9 Å². The Balaban J connectivity index is 1.64. The van der Waals surface area contributed by atoms with E-state index in [0.717, 1.165) is 29.9 Å². The molecule has 150 valence electrons. The van der Waals surface area contributed by atoms with E-state index in [9.17, 15) is 9.59 Å². The molecule has 0 aliphatic carbocycles. The van der Waals surface area contributed by atoms with Gasteiger partial charge in [-0.2, -0.15) is 0 Å². The molecule has 1 fully saturated rings. The van der Waals surface area contributed by atoms with Crippen molar-refractivity contribution in [2.75, 3.05) is 19.8 Å². The lowest BCUT2D eigenvalue weighted by Gasteiger charge is -2.34. The molecule has 1 amide bonds. The fourth-order valence-electron chi connectivity index (χ4n) is 3.50. The van der Waals surface area contributed by atoms with Crippen LogP contribution in [-0.2, 0) is 20.7 Å². The molecule has 3 rings (SSSR count). The molecule has 0 unspecified atom stereocenters. The lowest BCUT2D eigenvalue weighted by atomic mass is 10.1. The molecule has 0 spiro atoms. The summed E-state index contributed by atoms with van der Waals surface area (Å²) in [6, 6.07) is 9.77. The third kappa shape index (κ3) is 5.19. The third-order valence-electron chi connectivity index (χ3n) is 4.95. The second-order valence-electron chi connectivity index (χ2n) is 6.96. The van der Waals surface area contributed by atoms with Crippen LogP contribution in [0.15, 0.2) is 34.7 Å². The van der Waals surface area contributed by atoms with Gasteiger partial charge in [0.1, 0.15) is 0 Å². The number of aryl methyl sites for hydroxylation is 2. The maximum absolute atomic E-state index is 12.8.